The minimum Gasteiger partial charge on any atom is -0.412 e. The Bertz CT molecular complexity index is 972. The molecule has 1 N–H and O–H groups in total. The molecule has 0 aliphatic carbocycles. The zero-order chi connectivity index (χ0) is 21.7. The molecule has 0 spiro atoms. The fourth-order valence-electron chi connectivity index (χ4n) is 3.57. The minimum absolute atomic E-state index is 0.130. The third-order valence-corrected chi connectivity index (χ3v) is 12.0. The van der Waals surface area contributed by atoms with Crippen LogP contribution in [0, 0.1) is 5.95 Å². The number of carbonyl (C=O) groups excluding carboxylic acids is 1. The van der Waals surface area contributed by atoms with Gasteiger partial charge in [-0.25, -0.2) is 9.97 Å². The second kappa shape index (κ2) is 7.69. The quantitative estimate of drug-likeness (QED) is 0.560. The Kier molecular flexibility index (Phi) is 5.48. The largest absolute Gasteiger partial charge is 0.412 e. The van der Waals surface area contributed by atoms with E-state index in [0.717, 1.165) is 25.2 Å². The van der Waals surface area contributed by atoms with Gasteiger partial charge in [0.25, 0.3) is 5.91 Å². The van der Waals surface area contributed by atoms with Gasteiger partial charge in [-0.3, -0.25) is 4.79 Å². The smallest absolute Gasteiger partial charge is 0.263 e. The van der Waals surface area contributed by atoms with E-state index in [-0.39, 0.29) is 17.0 Å². The molecule has 0 aromatic carbocycles. The third kappa shape index (κ3) is 4.02. The number of nitrogens with one attached hydrogen (secondary N) is 1. The Balaban J connectivity index is 1.49. The summed E-state index contributed by atoms with van der Waals surface area (Å²) in [5.74, 6) is -0.0563. The predicted octanol–water partition coefficient (Wildman–Crippen LogP) is 4.23. The zero-order valence-electron chi connectivity index (χ0n) is 18.2. The van der Waals surface area contributed by atoms with Gasteiger partial charge >= 0.3 is 0 Å². The van der Waals surface area contributed by atoms with Crippen LogP contribution in [0.2, 0.25) is 18.1 Å². The van der Waals surface area contributed by atoms with E-state index in [2.05, 4.69) is 54.0 Å². The standard InChI is InChI=1S/C21H29FN4O2SSi/c1-21(2,3)30(4,5)28-13-9-11-26(12-13)16-7-6-14(18(22)25-16)20-24-15-8-10-23-19(27)17(15)29-20/h6-7,13H,8-12H2,1-5H3,(H,23,27)/t13-/m0/s1. The van der Waals surface area contributed by atoms with E-state index in [4.69, 9.17) is 4.43 Å². The highest BCUT2D eigenvalue weighted by Gasteiger charge is 2.40. The van der Waals surface area contributed by atoms with Gasteiger partial charge < -0.3 is 14.6 Å². The maximum Gasteiger partial charge on any atom is 0.263 e. The second-order valence-electron chi connectivity index (χ2n) is 9.54. The molecule has 0 saturated carbocycles. The van der Waals surface area contributed by atoms with Crippen molar-refractivity contribution in [3.8, 4) is 10.6 Å². The Morgan fingerprint density at radius 1 is 1.30 bits per heavy atom. The second-order valence-corrected chi connectivity index (χ2v) is 15.3. The van der Waals surface area contributed by atoms with Gasteiger partial charge in [-0.05, 0) is 36.7 Å². The molecule has 2 aromatic heterocycles. The summed E-state index contributed by atoms with van der Waals surface area (Å²) in [5, 5.41) is 3.47. The summed E-state index contributed by atoms with van der Waals surface area (Å²) in [7, 11) is -1.84. The third-order valence-electron chi connectivity index (χ3n) is 6.35. The fraction of sp³-hybridized carbons (Fsp3) is 0.571. The number of hydrogen-bond donors (Lipinski definition) is 1. The van der Waals surface area contributed by atoms with E-state index in [9.17, 15) is 9.18 Å². The van der Waals surface area contributed by atoms with Gasteiger partial charge in [0.2, 0.25) is 5.95 Å². The van der Waals surface area contributed by atoms with Crippen LogP contribution in [-0.2, 0) is 10.8 Å². The van der Waals surface area contributed by atoms with Crippen LogP contribution in [0.5, 0.6) is 0 Å². The Hall–Kier alpha value is -1.84. The molecule has 2 aliphatic rings. The highest BCUT2D eigenvalue weighted by molar-refractivity contribution is 7.17. The lowest BCUT2D eigenvalue weighted by Gasteiger charge is -2.38. The first-order chi connectivity index (χ1) is 14.0. The molecule has 1 saturated heterocycles. The minimum atomic E-state index is -1.84. The summed E-state index contributed by atoms with van der Waals surface area (Å²) in [5.41, 5.74) is 1.09. The van der Waals surface area contributed by atoms with Crippen molar-refractivity contribution < 1.29 is 13.6 Å². The first-order valence-electron chi connectivity index (χ1n) is 10.4. The molecule has 9 heteroatoms. The van der Waals surface area contributed by atoms with Crippen LogP contribution in [0.1, 0.15) is 42.6 Å². The summed E-state index contributed by atoms with van der Waals surface area (Å²) in [4.78, 5) is 23.3. The number of fused-ring (bicyclic) bond motifs is 1. The Morgan fingerprint density at radius 3 is 2.73 bits per heavy atom. The van der Waals surface area contributed by atoms with Crippen LogP contribution in [0.25, 0.3) is 10.6 Å². The van der Waals surface area contributed by atoms with E-state index in [1.165, 1.54) is 11.3 Å². The van der Waals surface area contributed by atoms with Crippen LogP contribution in [0.3, 0.4) is 0 Å². The molecule has 30 heavy (non-hydrogen) atoms. The lowest BCUT2D eigenvalue weighted by atomic mass is 10.2. The Morgan fingerprint density at radius 2 is 2.07 bits per heavy atom. The van der Waals surface area contributed by atoms with Gasteiger partial charge in [-0.15, -0.1) is 11.3 Å². The van der Waals surface area contributed by atoms with E-state index in [1.54, 1.807) is 6.07 Å². The molecule has 1 atom stereocenters. The monoisotopic (exact) mass is 448 g/mol. The number of pyridine rings is 1. The maximum atomic E-state index is 14.9. The lowest BCUT2D eigenvalue weighted by molar-refractivity contribution is 0.0950. The van der Waals surface area contributed by atoms with Crippen LogP contribution >= 0.6 is 11.3 Å². The molecule has 2 aromatic rings. The molecular weight excluding hydrogens is 419 g/mol. The summed E-state index contributed by atoms with van der Waals surface area (Å²) < 4.78 is 21.4. The topological polar surface area (TPSA) is 67.3 Å². The van der Waals surface area contributed by atoms with Crippen LogP contribution in [0.4, 0.5) is 10.2 Å². The molecular formula is C21H29FN4O2SSi. The predicted molar refractivity (Wildman–Crippen MR) is 120 cm³/mol. The van der Waals surface area contributed by atoms with Crippen molar-refractivity contribution in [3.63, 3.8) is 0 Å². The van der Waals surface area contributed by atoms with Crippen molar-refractivity contribution in [1.82, 2.24) is 15.3 Å². The highest BCUT2D eigenvalue weighted by atomic mass is 32.1. The Labute approximate surface area is 182 Å². The van der Waals surface area contributed by atoms with Crippen molar-refractivity contribution >= 4 is 31.4 Å². The fourth-order valence-corrected chi connectivity index (χ4v) is 6.00. The number of hydrogen-bond acceptors (Lipinski definition) is 6. The molecule has 1 amide bonds. The van der Waals surface area contributed by atoms with Gasteiger partial charge in [0.15, 0.2) is 8.32 Å². The lowest BCUT2D eigenvalue weighted by Crippen LogP contribution is -2.44. The SMILES string of the molecule is CC(C)(C)[Si](C)(C)O[C@H]1CCN(c2ccc(-c3nc4c(s3)C(=O)NCC4)c(F)n2)C1. The molecule has 4 rings (SSSR count). The van der Waals surface area contributed by atoms with Crippen molar-refractivity contribution in [2.45, 2.75) is 57.8 Å². The molecule has 4 heterocycles. The summed E-state index contributed by atoms with van der Waals surface area (Å²) in [6.07, 6.45) is 1.75. The molecule has 0 bridgehead atoms. The van der Waals surface area contributed by atoms with Crippen molar-refractivity contribution in [1.29, 1.82) is 0 Å². The van der Waals surface area contributed by atoms with Gasteiger partial charge in [-0.1, -0.05) is 20.8 Å². The summed E-state index contributed by atoms with van der Waals surface area (Å²) in [6, 6.07) is 3.56. The first kappa shape index (κ1) is 21.4. The molecule has 162 valence electrons. The molecule has 6 nitrogen and oxygen atoms in total. The van der Waals surface area contributed by atoms with Crippen LogP contribution in [-0.4, -0.2) is 49.9 Å². The number of aromatic nitrogens is 2. The van der Waals surface area contributed by atoms with Crippen molar-refractivity contribution in [3.05, 3.63) is 28.7 Å². The zero-order valence-corrected chi connectivity index (χ0v) is 20.0. The average molecular weight is 449 g/mol. The number of rotatable bonds is 4. The molecule has 1 fully saturated rings. The summed E-state index contributed by atoms with van der Waals surface area (Å²) >= 11 is 1.23. The van der Waals surface area contributed by atoms with Crippen LogP contribution < -0.4 is 10.2 Å². The maximum absolute atomic E-state index is 14.9. The summed E-state index contributed by atoms with van der Waals surface area (Å²) in [6.45, 7) is 13.3. The molecule has 2 aliphatic heterocycles. The average Bonchev–Trinajstić information content (AvgIpc) is 3.28. The van der Waals surface area contributed by atoms with Crippen molar-refractivity contribution in [2.24, 2.45) is 0 Å². The van der Waals surface area contributed by atoms with Crippen LogP contribution in [0.15, 0.2) is 12.1 Å². The van der Waals surface area contributed by atoms with E-state index in [0.29, 0.717) is 34.2 Å². The van der Waals surface area contributed by atoms with E-state index in [1.807, 2.05) is 6.07 Å². The van der Waals surface area contributed by atoms with E-state index < -0.39 is 14.3 Å². The van der Waals surface area contributed by atoms with E-state index >= 15 is 0 Å². The number of thiazole rings is 1. The molecule has 0 unspecified atom stereocenters. The van der Waals surface area contributed by atoms with Gasteiger partial charge in [0, 0.05) is 26.1 Å². The number of carbonyl (C=O) groups is 1. The molecule has 0 radical (unpaired) electrons. The van der Waals surface area contributed by atoms with Gasteiger partial charge in [0.1, 0.15) is 15.7 Å². The number of halogens is 1. The normalized spacial score (nSPS) is 19.7. The highest BCUT2D eigenvalue weighted by Crippen LogP contribution is 2.39. The number of anilines is 1. The van der Waals surface area contributed by atoms with Gasteiger partial charge in [-0.2, -0.15) is 4.39 Å². The number of amides is 1. The van der Waals surface area contributed by atoms with Crippen molar-refractivity contribution in [2.75, 3.05) is 24.5 Å². The van der Waals surface area contributed by atoms with Gasteiger partial charge in [0.05, 0.1) is 17.4 Å². The first-order valence-corrected chi connectivity index (χ1v) is 14.2. The number of nitrogens with zero attached hydrogens (tertiary/aromatic N) is 3.